The van der Waals surface area contributed by atoms with Gasteiger partial charge in [-0.15, -0.1) is 11.3 Å². The number of aromatic nitrogens is 1. The first-order valence-corrected chi connectivity index (χ1v) is 7.85. The molecule has 17 heavy (non-hydrogen) atoms. The van der Waals surface area contributed by atoms with Crippen LogP contribution in [0.2, 0.25) is 0 Å². The van der Waals surface area contributed by atoms with E-state index in [1.165, 1.54) is 35.6 Å². The number of thiazole rings is 1. The Labute approximate surface area is 110 Å². The van der Waals surface area contributed by atoms with Gasteiger partial charge in [0.2, 0.25) is 0 Å². The SMILES string of the molecule is CC(C)c1cnc(C2CCC(C(C)C)CC2)s1. The van der Waals surface area contributed by atoms with Crippen LogP contribution in [0.1, 0.15) is 75.1 Å². The number of rotatable bonds is 3. The summed E-state index contributed by atoms with van der Waals surface area (Å²) in [4.78, 5) is 6.10. The van der Waals surface area contributed by atoms with E-state index >= 15 is 0 Å². The Morgan fingerprint density at radius 2 is 1.76 bits per heavy atom. The van der Waals surface area contributed by atoms with Gasteiger partial charge in [-0.25, -0.2) is 4.98 Å². The first-order chi connectivity index (χ1) is 8.08. The molecule has 1 aliphatic rings. The largest absolute Gasteiger partial charge is 0.249 e. The highest BCUT2D eigenvalue weighted by Crippen LogP contribution is 2.40. The van der Waals surface area contributed by atoms with Gasteiger partial charge in [0.25, 0.3) is 0 Å². The Bertz CT molecular complexity index is 346. The van der Waals surface area contributed by atoms with Crippen LogP contribution >= 0.6 is 11.3 Å². The standard InChI is InChI=1S/C15H25NS/c1-10(2)12-5-7-13(8-6-12)15-16-9-14(17-15)11(3)4/h9-13H,5-8H2,1-4H3. The molecule has 2 rings (SSSR count). The zero-order chi connectivity index (χ0) is 12.4. The van der Waals surface area contributed by atoms with E-state index in [0.717, 1.165) is 17.8 Å². The van der Waals surface area contributed by atoms with Crippen LogP contribution in [0.15, 0.2) is 6.20 Å². The molecular weight excluding hydrogens is 226 g/mol. The van der Waals surface area contributed by atoms with Crippen molar-refractivity contribution >= 4 is 11.3 Å². The topological polar surface area (TPSA) is 12.9 Å². The molecular formula is C15H25NS. The fourth-order valence-corrected chi connectivity index (χ4v) is 3.88. The molecule has 0 atom stereocenters. The number of hydrogen-bond acceptors (Lipinski definition) is 2. The average Bonchev–Trinajstić information content (AvgIpc) is 2.78. The van der Waals surface area contributed by atoms with Crippen molar-refractivity contribution in [2.45, 2.75) is 65.2 Å². The molecule has 0 N–H and O–H groups in total. The van der Waals surface area contributed by atoms with E-state index in [2.05, 4.69) is 38.9 Å². The van der Waals surface area contributed by atoms with Crippen molar-refractivity contribution < 1.29 is 0 Å². The average molecular weight is 251 g/mol. The molecule has 0 saturated heterocycles. The van der Waals surface area contributed by atoms with Gasteiger partial charge < -0.3 is 0 Å². The van der Waals surface area contributed by atoms with E-state index in [4.69, 9.17) is 0 Å². The Hall–Kier alpha value is -0.370. The van der Waals surface area contributed by atoms with Crippen LogP contribution in [0.3, 0.4) is 0 Å². The summed E-state index contributed by atoms with van der Waals surface area (Å²) in [5, 5.41) is 1.40. The van der Waals surface area contributed by atoms with E-state index < -0.39 is 0 Å². The minimum absolute atomic E-state index is 0.633. The first kappa shape index (κ1) is 13.1. The molecule has 0 amide bonds. The maximum Gasteiger partial charge on any atom is 0.0958 e. The van der Waals surface area contributed by atoms with Crippen LogP contribution in [0.5, 0.6) is 0 Å². The predicted octanol–water partition coefficient (Wildman–Crippen LogP) is 5.20. The minimum atomic E-state index is 0.633. The van der Waals surface area contributed by atoms with Crippen LogP contribution in [-0.4, -0.2) is 4.98 Å². The lowest BCUT2D eigenvalue weighted by molar-refractivity contribution is 0.258. The van der Waals surface area contributed by atoms with Gasteiger partial charge in [0.1, 0.15) is 0 Å². The maximum atomic E-state index is 4.65. The van der Waals surface area contributed by atoms with Crippen molar-refractivity contribution in [2.75, 3.05) is 0 Å². The molecule has 96 valence electrons. The van der Waals surface area contributed by atoms with Crippen molar-refractivity contribution in [2.24, 2.45) is 11.8 Å². The van der Waals surface area contributed by atoms with Gasteiger partial charge in [0.15, 0.2) is 0 Å². The fourth-order valence-electron chi connectivity index (χ4n) is 2.79. The van der Waals surface area contributed by atoms with E-state index in [1.807, 2.05) is 11.3 Å². The van der Waals surface area contributed by atoms with Gasteiger partial charge in [-0.2, -0.15) is 0 Å². The normalized spacial score (nSPS) is 25.8. The highest BCUT2D eigenvalue weighted by molar-refractivity contribution is 7.11. The third-order valence-electron chi connectivity index (χ3n) is 4.17. The Balaban J connectivity index is 1.96. The molecule has 0 radical (unpaired) electrons. The molecule has 0 aliphatic heterocycles. The van der Waals surface area contributed by atoms with Crippen molar-refractivity contribution in [1.29, 1.82) is 0 Å². The Kier molecular flexibility index (Phi) is 4.24. The van der Waals surface area contributed by atoms with Crippen LogP contribution in [0, 0.1) is 11.8 Å². The zero-order valence-corrected chi connectivity index (χ0v) is 12.4. The smallest absolute Gasteiger partial charge is 0.0958 e. The van der Waals surface area contributed by atoms with E-state index in [1.54, 1.807) is 0 Å². The second-order valence-electron chi connectivity index (χ2n) is 6.11. The molecule has 1 nitrogen and oxygen atoms in total. The molecule has 1 aromatic heterocycles. The van der Waals surface area contributed by atoms with E-state index in [0.29, 0.717) is 5.92 Å². The van der Waals surface area contributed by atoms with Crippen LogP contribution < -0.4 is 0 Å². The summed E-state index contributed by atoms with van der Waals surface area (Å²) >= 11 is 1.95. The second kappa shape index (κ2) is 5.51. The lowest BCUT2D eigenvalue weighted by atomic mass is 9.77. The van der Waals surface area contributed by atoms with Gasteiger partial charge in [-0.3, -0.25) is 0 Å². The molecule has 0 unspecified atom stereocenters. The fraction of sp³-hybridized carbons (Fsp3) is 0.800. The van der Waals surface area contributed by atoms with Crippen LogP contribution in [0.4, 0.5) is 0 Å². The van der Waals surface area contributed by atoms with Gasteiger partial charge in [-0.1, -0.05) is 27.7 Å². The Morgan fingerprint density at radius 1 is 1.12 bits per heavy atom. The van der Waals surface area contributed by atoms with Crippen molar-refractivity contribution in [3.05, 3.63) is 16.1 Å². The molecule has 2 heteroatoms. The number of hydrogen-bond donors (Lipinski definition) is 0. The summed E-state index contributed by atoms with van der Waals surface area (Å²) in [6.07, 6.45) is 7.61. The third-order valence-corrected chi connectivity index (χ3v) is 5.63. The first-order valence-electron chi connectivity index (χ1n) is 7.03. The Morgan fingerprint density at radius 3 is 2.24 bits per heavy atom. The maximum absolute atomic E-state index is 4.65. The van der Waals surface area contributed by atoms with Gasteiger partial charge in [0.05, 0.1) is 5.01 Å². The summed E-state index contributed by atoms with van der Waals surface area (Å²) in [6.45, 7) is 9.25. The molecule has 0 aromatic carbocycles. The van der Waals surface area contributed by atoms with Gasteiger partial charge in [-0.05, 0) is 43.4 Å². The lowest BCUT2D eigenvalue weighted by Gasteiger charge is -2.29. The van der Waals surface area contributed by atoms with Gasteiger partial charge >= 0.3 is 0 Å². The molecule has 1 aliphatic carbocycles. The monoisotopic (exact) mass is 251 g/mol. The van der Waals surface area contributed by atoms with Crippen LogP contribution in [-0.2, 0) is 0 Å². The molecule has 1 saturated carbocycles. The van der Waals surface area contributed by atoms with E-state index in [-0.39, 0.29) is 0 Å². The highest BCUT2D eigenvalue weighted by atomic mass is 32.1. The third kappa shape index (κ3) is 3.09. The second-order valence-corrected chi connectivity index (χ2v) is 7.21. The minimum Gasteiger partial charge on any atom is -0.249 e. The molecule has 1 heterocycles. The highest BCUT2D eigenvalue weighted by Gasteiger charge is 2.26. The summed E-state index contributed by atoms with van der Waals surface area (Å²) in [5.74, 6) is 3.20. The quantitative estimate of drug-likeness (QED) is 0.720. The molecule has 1 aromatic rings. The lowest BCUT2D eigenvalue weighted by Crippen LogP contribution is -2.17. The molecule has 0 bridgehead atoms. The molecule has 0 spiro atoms. The summed E-state index contributed by atoms with van der Waals surface area (Å²) < 4.78 is 0. The van der Waals surface area contributed by atoms with Crippen LogP contribution in [0.25, 0.3) is 0 Å². The van der Waals surface area contributed by atoms with Crippen molar-refractivity contribution in [3.63, 3.8) is 0 Å². The number of nitrogens with zero attached hydrogens (tertiary/aromatic N) is 1. The summed E-state index contributed by atoms with van der Waals surface area (Å²) in [5.41, 5.74) is 0. The van der Waals surface area contributed by atoms with Gasteiger partial charge in [0, 0.05) is 17.0 Å². The zero-order valence-electron chi connectivity index (χ0n) is 11.6. The van der Waals surface area contributed by atoms with Crippen molar-refractivity contribution in [1.82, 2.24) is 4.98 Å². The predicted molar refractivity (Wildman–Crippen MR) is 75.7 cm³/mol. The summed E-state index contributed by atoms with van der Waals surface area (Å²) in [7, 11) is 0. The van der Waals surface area contributed by atoms with Crippen molar-refractivity contribution in [3.8, 4) is 0 Å². The van der Waals surface area contributed by atoms with E-state index in [9.17, 15) is 0 Å². The molecule has 1 fully saturated rings. The summed E-state index contributed by atoms with van der Waals surface area (Å²) in [6, 6.07) is 0.